The monoisotopic (exact) mass is 350 g/mol. The van der Waals surface area contributed by atoms with Crippen molar-refractivity contribution >= 4 is 35.0 Å². The predicted octanol–water partition coefficient (Wildman–Crippen LogP) is 2.79. The van der Waals surface area contributed by atoms with Gasteiger partial charge in [0.1, 0.15) is 5.76 Å². The molecule has 0 saturated carbocycles. The SMILES string of the molecule is Cc1cc(NC(=O)C[C@@H]2ON(C)C(=O)N2c2ccc(Cl)cc2)no1. The van der Waals surface area contributed by atoms with E-state index in [0.717, 1.165) is 5.06 Å². The van der Waals surface area contributed by atoms with E-state index in [4.69, 9.17) is 21.0 Å². The zero-order chi connectivity index (χ0) is 17.3. The number of nitrogens with one attached hydrogen (secondary N) is 1. The van der Waals surface area contributed by atoms with Crippen molar-refractivity contribution in [2.75, 3.05) is 17.3 Å². The van der Waals surface area contributed by atoms with Gasteiger partial charge < -0.3 is 9.84 Å². The first-order chi connectivity index (χ1) is 11.4. The average molecular weight is 351 g/mol. The van der Waals surface area contributed by atoms with Crippen molar-refractivity contribution in [2.45, 2.75) is 19.6 Å². The van der Waals surface area contributed by atoms with Gasteiger partial charge in [0.15, 0.2) is 12.0 Å². The fraction of sp³-hybridized carbons (Fsp3) is 0.267. The molecule has 1 aliphatic heterocycles. The summed E-state index contributed by atoms with van der Waals surface area (Å²) in [6.45, 7) is 1.72. The van der Waals surface area contributed by atoms with Crippen LogP contribution in [0.4, 0.5) is 16.3 Å². The molecular formula is C15H15ClN4O4. The largest absolute Gasteiger partial charge is 0.360 e. The molecule has 0 spiro atoms. The molecule has 1 saturated heterocycles. The minimum atomic E-state index is -0.767. The summed E-state index contributed by atoms with van der Waals surface area (Å²) in [5.41, 5.74) is 0.587. The molecule has 9 heteroatoms. The molecule has 8 nitrogen and oxygen atoms in total. The quantitative estimate of drug-likeness (QED) is 0.916. The summed E-state index contributed by atoms with van der Waals surface area (Å²) in [5, 5.41) is 7.93. The molecule has 1 aromatic heterocycles. The molecule has 3 amide bonds. The van der Waals surface area contributed by atoms with E-state index in [0.29, 0.717) is 22.3 Å². The van der Waals surface area contributed by atoms with E-state index in [9.17, 15) is 9.59 Å². The number of carbonyl (C=O) groups is 2. The highest BCUT2D eigenvalue weighted by molar-refractivity contribution is 6.30. The Morgan fingerprint density at radius 2 is 2.08 bits per heavy atom. The Kier molecular flexibility index (Phi) is 4.41. The molecule has 1 aromatic carbocycles. The van der Waals surface area contributed by atoms with Gasteiger partial charge in [-0.15, -0.1) is 0 Å². The molecule has 2 heterocycles. The smallest absolute Gasteiger partial charge is 0.350 e. The van der Waals surface area contributed by atoms with Crippen molar-refractivity contribution in [3.63, 3.8) is 0 Å². The highest BCUT2D eigenvalue weighted by Crippen LogP contribution is 2.28. The summed E-state index contributed by atoms with van der Waals surface area (Å²) in [6.07, 6.45) is -0.832. The van der Waals surface area contributed by atoms with Gasteiger partial charge in [0, 0.05) is 23.8 Å². The van der Waals surface area contributed by atoms with Crippen LogP contribution in [-0.4, -0.2) is 35.4 Å². The minimum Gasteiger partial charge on any atom is -0.360 e. The summed E-state index contributed by atoms with van der Waals surface area (Å²) >= 11 is 5.87. The zero-order valence-electron chi connectivity index (χ0n) is 13.0. The normalized spacial score (nSPS) is 17.5. The lowest BCUT2D eigenvalue weighted by Crippen LogP contribution is -2.36. The Hall–Kier alpha value is -2.58. The molecule has 0 aliphatic carbocycles. The van der Waals surface area contributed by atoms with Crippen molar-refractivity contribution in [3.8, 4) is 0 Å². The standard InChI is InChI=1S/C15H15ClN4O4/c1-9-7-12(18-23-9)17-13(21)8-14-20(15(22)19(2)24-14)11-5-3-10(16)4-6-11/h3-7,14H,8H2,1-2H3,(H,17,18,21)/t14-/m0/s1. The molecule has 2 aromatic rings. The number of hydroxylamine groups is 2. The summed E-state index contributed by atoms with van der Waals surface area (Å²) in [7, 11) is 1.49. The fourth-order valence-corrected chi connectivity index (χ4v) is 2.46. The summed E-state index contributed by atoms with van der Waals surface area (Å²) in [5.74, 6) is 0.545. The number of nitrogens with zero attached hydrogens (tertiary/aromatic N) is 3. The first-order valence-corrected chi connectivity index (χ1v) is 7.54. The first kappa shape index (κ1) is 16.3. The van der Waals surface area contributed by atoms with Crippen molar-refractivity contribution in [1.82, 2.24) is 10.2 Å². The number of rotatable bonds is 4. The lowest BCUT2D eigenvalue weighted by atomic mass is 10.2. The van der Waals surface area contributed by atoms with E-state index < -0.39 is 6.23 Å². The van der Waals surface area contributed by atoms with Crippen molar-refractivity contribution < 1.29 is 18.9 Å². The third kappa shape index (κ3) is 3.34. The van der Waals surface area contributed by atoms with Gasteiger partial charge in [-0.2, -0.15) is 0 Å². The number of carbonyl (C=O) groups excluding carboxylic acids is 2. The van der Waals surface area contributed by atoms with E-state index >= 15 is 0 Å². The van der Waals surface area contributed by atoms with Gasteiger partial charge in [0.2, 0.25) is 5.91 Å². The van der Waals surface area contributed by atoms with Crippen LogP contribution in [0.25, 0.3) is 0 Å². The second-order valence-electron chi connectivity index (χ2n) is 5.26. The predicted molar refractivity (Wildman–Crippen MR) is 86.4 cm³/mol. The Bertz CT molecular complexity index is 761. The van der Waals surface area contributed by atoms with Gasteiger partial charge in [-0.25, -0.2) is 14.7 Å². The van der Waals surface area contributed by atoms with Crippen LogP contribution in [-0.2, 0) is 9.63 Å². The molecule has 24 heavy (non-hydrogen) atoms. The highest BCUT2D eigenvalue weighted by Gasteiger charge is 2.39. The maximum Gasteiger partial charge on any atom is 0.350 e. The van der Waals surface area contributed by atoms with E-state index in [-0.39, 0.29) is 18.4 Å². The van der Waals surface area contributed by atoms with E-state index in [1.807, 2.05) is 0 Å². The Morgan fingerprint density at radius 3 is 2.71 bits per heavy atom. The van der Waals surface area contributed by atoms with Crippen molar-refractivity contribution in [2.24, 2.45) is 0 Å². The van der Waals surface area contributed by atoms with Crippen LogP contribution in [0.3, 0.4) is 0 Å². The average Bonchev–Trinajstić information content (AvgIpc) is 3.04. The Balaban J connectivity index is 1.73. The van der Waals surface area contributed by atoms with Crippen LogP contribution in [0.1, 0.15) is 12.2 Å². The van der Waals surface area contributed by atoms with Gasteiger partial charge in [0.05, 0.1) is 6.42 Å². The summed E-state index contributed by atoms with van der Waals surface area (Å²) in [6, 6.07) is 7.94. The number of urea groups is 1. The van der Waals surface area contributed by atoms with Crippen LogP contribution >= 0.6 is 11.6 Å². The highest BCUT2D eigenvalue weighted by atomic mass is 35.5. The maximum absolute atomic E-state index is 12.3. The summed E-state index contributed by atoms with van der Waals surface area (Å²) in [4.78, 5) is 31.3. The van der Waals surface area contributed by atoms with Crippen LogP contribution in [0, 0.1) is 6.92 Å². The lowest BCUT2D eigenvalue weighted by Gasteiger charge is -2.20. The Labute approximate surface area is 142 Å². The van der Waals surface area contributed by atoms with Crippen LogP contribution in [0.5, 0.6) is 0 Å². The number of benzene rings is 1. The molecule has 0 radical (unpaired) electrons. The molecule has 1 N–H and O–H groups in total. The fourth-order valence-electron chi connectivity index (χ4n) is 2.33. The number of aromatic nitrogens is 1. The third-order valence-corrected chi connectivity index (χ3v) is 3.66. The number of halogens is 1. The topological polar surface area (TPSA) is 87.9 Å². The third-order valence-electron chi connectivity index (χ3n) is 3.40. The van der Waals surface area contributed by atoms with Crippen molar-refractivity contribution in [1.29, 1.82) is 0 Å². The van der Waals surface area contributed by atoms with E-state index in [2.05, 4.69) is 10.5 Å². The molecule has 1 fully saturated rings. The molecule has 3 rings (SSSR count). The zero-order valence-corrected chi connectivity index (χ0v) is 13.8. The Morgan fingerprint density at radius 1 is 1.38 bits per heavy atom. The maximum atomic E-state index is 12.3. The first-order valence-electron chi connectivity index (χ1n) is 7.16. The number of hydrogen-bond donors (Lipinski definition) is 1. The number of hydrogen-bond acceptors (Lipinski definition) is 5. The summed E-state index contributed by atoms with van der Waals surface area (Å²) < 4.78 is 4.89. The van der Waals surface area contributed by atoms with E-state index in [1.165, 1.54) is 11.9 Å². The second-order valence-corrected chi connectivity index (χ2v) is 5.70. The molecule has 0 bridgehead atoms. The number of aryl methyl sites for hydroxylation is 1. The lowest BCUT2D eigenvalue weighted by molar-refractivity contribution is -0.129. The van der Waals surface area contributed by atoms with Crippen molar-refractivity contribution in [3.05, 3.63) is 41.1 Å². The van der Waals surface area contributed by atoms with Crippen LogP contribution < -0.4 is 10.2 Å². The minimum absolute atomic E-state index is 0.0649. The molecule has 1 aliphatic rings. The van der Waals surface area contributed by atoms with Gasteiger partial charge >= 0.3 is 6.03 Å². The molecular weight excluding hydrogens is 336 g/mol. The van der Waals surface area contributed by atoms with Gasteiger partial charge in [-0.05, 0) is 31.2 Å². The molecule has 1 atom stereocenters. The van der Waals surface area contributed by atoms with Gasteiger partial charge in [0.25, 0.3) is 0 Å². The number of anilines is 2. The van der Waals surface area contributed by atoms with E-state index in [1.54, 1.807) is 37.3 Å². The van der Waals surface area contributed by atoms with Gasteiger partial charge in [-0.3, -0.25) is 9.69 Å². The van der Waals surface area contributed by atoms with Crippen LogP contribution in [0.15, 0.2) is 34.9 Å². The molecule has 126 valence electrons. The molecule has 0 unspecified atom stereocenters. The second kappa shape index (κ2) is 6.50. The number of amides is 3. The van der Waals surface area contributed by atoms with Crippen LogP contribution in [0.2, 0.25) is 5.02 Å². The van der Waals surface area contributed by atoms with Gasteiger partial charge in [-0.1, -0.05) is 16.8 Å².